The molecule has 0 spiro atoms. The normalized spacial score (nSPS) is 12.5. The van der Waals surface area contributed by atoms with Crippen molar-refractivity contribution < 1.29 is 33.6 Å². The second-order valence-electron chi connectivity index (χ2n) is 9.25. The maximum atomic E-state index is 13.2. The van der Waals surface area contributed by atoms with Crippen molar-refractivity contribution in [1.29, 1.82) is 0 Å². The summed E-state index contributed by atoms with van der Waals surface area (Å²) in [6.45, 7) is 7.34. The molecule has 2 atom stereocenters. The van der Waals surface area contributed by atoms with Gasteiger partial charge in [-0.2, -0.15) is 0 Å². The molecule has 1 aromatic heterocycles. The van der Waals surface area contributed by atoms with Crippen LogP contribution in [0.2, 0.25) is 0 Å². The predicted octanol–water partition coefficient (Wildman–Crippen LogP) is 5.40. The highest BCUT2D eigenvalue weighted by Gasteiger charge is 2.32. The highest BCUT2D eigenvalue weighted by atomic mass is 16.5. The first-order valence-electron chi connectivity index (χ1n) is 12.4. The van der Waals surface area contributed by atoms with Gasteiger partial charge in [-0.25, -0.2) is 4.98 Å². The van der Waals surface area contributed by atoms with E-state index in [4.69, 9.17) is 18.9 Å². The number of aromatic hydroxyl groups is 1. The summed E-state index contributed by atoms with van der Waals surface area (Å²) in [6, 6.07) is 13.1. The minimum absolute atomic E-state index is 0.134. The number of aryl methyl sites for hydroxylation is 2. The number of nitrogens with zero attached hydrogens (tertiary/aromatic N) is 1. The summed E-state index contributed by atoms with van der Waals surface area (Å²) in [6.07, 6.45) is 0.548. The number of Topliss-reactive ketones (excluding diaryl/α,β-unsaturated/α-hetero) is 1. The second kappa shape index (κ2) is 12.4. The number of benzene rings is 2. The smallest absolute Gasteiger partial charge is 0.309 e. The molecule has 1 heterocycles. The largest absolute Gasteiger partial charge is 0.503 e. The van der Waals surface area contributed by atoms with Crippen molar-refractivity contribution in [2.45, 2.75) is 46.1 Å². The third kappa shape index (κ3) is 5.90. The van der Waals surface area contributed by atoms with Gasteiger partial charge in [-0.1, -0.05) is 43.3 Å². The minimum Gasteiger partial charge on any atom is -0.503 e. The highest BCUT2D eigenvalue weighted by molar-refractivity contribution is 5.99. The summed E-state index contributed by atoms with van der Waals surface area (Å²) in [5, 5.41) is 10.3. The van der Waals surface area contributed by atoms with E-state index in [2.05, 4.69) is 4.98 Å². The van der Waals surface area contributed by atoms with Gasteiger partial charge in [-0.15, -0.1) is 0 Å². The molecule has 0 aliphatic carbocycles. The summed E-state index contributed by atoms with van der Waals surface area (Å²) in [7, 11) is 4.61. The molecule has 0 saturated heterocycles. The quantitative estimate of drug-likeness (QED) is 0.264. The van der Waals surface area contributed by atoms with Crippen LogP contribution in [0.4, 0.5) is 0 Å². The van der Waals surface area contributed by atoms with Gasteiger partial charge in [-0.3, -0.25) is 9.59 Å². The number of hydrogen-bond acceptors (Lipinski definition) is 8. The number of pyridine rings is 1. The van der Waals surface area contributed by atoms with E-state index >= 15 is 0 Å². The average molecular weight is 522 g/mol. The Bertz CT molecular complexity index is 1250. The van der Waals surface area contributed by atoms with Gasteiger partial charge in [-0.05, 0) is 31.9 Å². The van der Waals surface area contributed by atoms with E-state index in [0.717, 1.165) is 22.3 Å². The first-order valence-corrected chi connectivity index (χ1v) is 12.4. The van der Waals surface area contributed by atoms with Crippen LogP contribution in [0.3, 0.4) is 0 Å². The van der Waals surface area contributed by atoms with Crippen LogP contribution in [0, 0.1) is 19.8 Å². The van der Waals surface area contributed by atoms with Gasteiger partial charge >= 0.3 is 5.97 Å². The summed E-state index contributed by atoms with van der Waals surface area (Å²) in [4.78, 5) is 30.0. The number of carbonyl (C=O) groups excluding carboxylic acids is 2. The molecule has 3 aromatic rings. The lowest BCUT2D eigenvalue weighted by Gasteiger charge is -2.29. The fourth-order valence-electron chi connectivity index (χ4n) is 4.70. The number of ketones is 1. The topological polar surface area (TPSA) is 104 Å². The molecule has 1 N–H and O–H groups in total. The van der Waals surface area contributed by atoms with Gasteiger partial charge in [0.15, 0.2) is 23.0 Å². The number of esters is 1. The summed E-state index contributed by atoms with van der Waals surface area (Å²) < 4.78 is 22.5. The Kier molecular flexibility index (Phi) is 9.34. The van der Waals surface area contributed by atoms with Crippen LogP contribution in [0.15, 0.2) is 48.7 Å². The van der Waals surface area contributed by atoms with Crippen LogP contribution in [0.25, 0.3) is 0 Å². The van der Waals surface area contributed by atoms with Crippen LogP contribution in [0.5, 0.6) is 23.0 Å². The number of hydrogen-bond donors (Lipinski definition) is 1. The van der Waals surface area contributed by atoms with Crippen LogP contribution in [-0.4, -0.2) is 49.3 Å². The lowest BCUT2D eigenvalue weighted by atomic mass is 9.84. The van der Waals surface area contributed by atoms with Gasteiger partial charge in [0, 0.05) is 29.8 Å². The van der Waals surface area contributed by atoms with Crippen molar-refractivity contribution in [3.05, 3.63) is 76.6 Å². The number of aromatic nitrogens is 1. The van der Waals surface area contributed by atoms with Crippen molar-refractivity contribution in [1.82, 2.24) is 4.98 Å². The number of para-hydroxylation sites is 2. The Morgan fingerprint density at radius 2 is 1.42 bits per heavy atom. The van der Waals surface area contributed by atoms with Gasteiger partial charge in [0.05, 0.1) is 33.2 Å². The molecule has 0 fully saturated rings. The van der Waals surface area contributed by atoms with E-state index in [0.29, 0.717) is 11.5 Å². The molecular formula is C30H35NO7. The minimum atomic E-state index is -0.781. The molecule has 2 aromatic carbocycles. The Hall–Kier alpha value is -4.07. The lowest BCUT2D eigenvalue weighted by Crippen LogP contribution is -2.28. The Morgan fingerprint density at radius 1 is 0.868 bits per heavy atom. The van der Waals surface area contributed by atoms with Crippen molar-refractivity contribution >= 4 is 11.8 Å². The van der Waals surface area contributed by atoms with Gasteiger partial charge in [0.1, 0.15) is 17.6 Å². The molecule has 8 nitrogen and oxygen atoms in total. The molecular weight excluding hydrogens is 486 g/mol. The third-order valence-electron chi connectivity index (χ3n) is 6.60. The van der Waals surface area contributed by atoms with E-state index in [-0.39, 0.29) is 23.6 Å². The monoisotopic (exact) mass is 521 g/mol. The lowest BCUT2D eigenvalue weighted by molar-refractivity contribution is -0.153. The molecule has 8 heteroatoms. The van der Waals surface area contributed by atoms with E-state index in [1.807, 2.05) is 57.2 Å². The average Bonchev–Trinajstić information content (AvgIpc) is 2.89. The second-order valence-corrected chi connectivity index (χ2v) is 9.25. The van der Waals surface area contributed by atoms with Crippen LogP contribution >= 0.6 is 0 Å². The SMILES string of the molecule is COc1ccnc(C(=O)C[C@@H](C)C(=O)OC(C)C(c2cccc(C)c2OC)c2cccc(C)c2OC)c1O. The molecule has 0 amide bonds. The maximum absolute atomic E-state index is 13.2. The fourth-order valence-corrected chi connectivity index (χ4v) is 4.70. The van der Waals surface area contributed by atoms with E-state index in [9.17, 15) is 14.7 Å². The molecule has 0 aliphatic rings. The van der Waals surface area contributed by atoms with Gasteiger partial charge < -0.3 is 24.1 Å². The Labute approximate surface area is 223 Å². The molecule has 202 valence electrons. The summed E-state index contributed by atoms with van der Waals surface area (Å²) in [5.74, 6) is -1.04. The fraction of sp³-hybridized carbons (Fsp3) is 0.367. The van der Waals surface area contributed by atoms with Crippen LogP contribution in [0.1, 0.15) is 58.9 Å². The third-order valence-corrected chi connectivity index (χ3v) is 6.60. The zero-order valence-electron chi connectivity index (χ0n) is 22.9. The number of rotatable bonds is 11. The van der Waals surface area contributed by atoms with Gasteiger partial charge in [0.25, 0.3) is 0 Å². The zero-order chi connectivity index (χ0) is 28.0. The first-order chi connectivity index (χ1) is 18.1. The molecule has 0 bridgehead atoms. The molecule has 1 unspecified atom stereocenters. The van der Waals surface area contributed by atoms with Crippen LogP contribution < -0.4 is 14.2 Å². The van der Waals surface area contributed by atoms with Crippen molar-refractivity contribution in [3.63, 3.8) is 0 Å². The van der Waals surface area contributed by atoms with Crippen molar-refractivity contribution in [3.8, 4) is 23.0 Å². The molecule has 0 saturated carbocycles. The standard InChI is InChI=1S/C30H35NO7/c1-17-10-8-12-21(28(17)36-6)25(22-13-9-11-18(2)29(22)37-7)20(4)38-30(34)19(3)16-23(32)26-27(33)24(35-5)14-15-31-26/h8-15,19-20,25,33H,16H2,1-7H3/t19-,20?/m1/s1. The van der Waals surface area contributed by atoms with E-state index in [1.165, 1.54) is 19.4 Å². The van der Waals surface area contributed by atoms with Crippen LogP contribution in [-0.2, 0) is 9.53 Å². The number of carbonyl (C=O) groups is 2. The Balaban J connectivity index is 1.91. The highest BCUT2D eigenvalue weighted by Crippen LogP contribution is 2.42. The number of methoxy groups -OCH3 is 3. The van der Waals surface area contributed by atoms with Crippen molar-refractivity contribution in [2.24, 2.45) is 5.92 Å². The first kappa shape index (κ1) is 28.5. The molecule has 38 heavy (non-hydrogen) atoms. The number of ether oxygens (including phenoxy) is 4. The van der Waals surface area contributed by atoms with E-state index in [1.54, 1.807) is 21.1 Å². The predicted molar refractivity (Wildman–Crippen MR) is 143 cm³/mol. The molecule has 0 aliphatic heterocycles. The zero-order valence-corrected chi connectivity index (χ0v) is 22.9. The summed E-state index contributed by atoms with van der Waals surface area (Å²) >= 11 is 0. The molecule has 0 radical (unpaired) electrons. The van der Waals surface area contributed by atoms with E-state index < -0.39 is 29.7 Å². The van der Waals surface area contributed by atoms with Gasteiger partial charge in [0.2, 0.25) is 0 Å². The maximum Gasteiger partial charge on any atom is 0.309 e. The van der Waals surface area contributed by atoms with Crippen molar-refractivity contribution in [2.75, 3.05) is 21.3 Å². The molecule has 3 rings (SSSR count). The summed E-state index contributed by atoms with van der Waals surface area (Å²) in [5.41, 5.74) is 3.45. The Morgan fingerprint density at radius 3 is 1.92 bits per heavy atom.